The first-order valence-corrected chi connectivity index (χ1v) is 9.41. The Morgan fingerprint density at radius 2 is 1.64 bits per heavy atom. The summed E-state index contributed by atoms with van der Waals surface area (Å²) in [6, 6.07) is 16.1. The van der Waals surface area contributed by atoms with Gasteiger partial charge in [0.1, 0.15) is 0 Å². The molecule has 0 N–H and O–H groups in total. The van der Waals surface area contributed by atoms with Gasteiger partial charge in [0.15, 0.2) is 0 Å². The van der Waals surface area contributed by atoms with Crippen molar-refractivity contribution in [1.82, 2.24) is 0 Å². The topological polar surface area (TPSA) is 69.7 Å². The van der Waals surface area contributed by atoms with Crippen LogP contribution in [0.5, 0.6) is 0 Å². The fourth-order valence-electron chi connectivity index (χ4n) is 2.31. The number of benzene rings is 2. The van der Waals surface area contributed by atoms with Gasteiger partial charge in [0.05, 0.1) is 18.1 Å². The van der Waals surface area contributed by atoms with Crippen molar-refractivity contribution in [3.63, 3.8) is 0 Å². The highest BCUT2D eigenvalue weighted by atomic mass is 32.2. The first-order chi connectivity index (χ1) is 11.9. The molecule has 0 bridgehead atoms. The molecule has 0 saturated heterocycles. The lowest BCUT2D eigenvalue weighted by Crippen LogP contribution is -2.22. The number of carbonyl (C=O) groups excluding carboxylic acids is 1. The zero-order chi connectivity index (χ0) is 18.3. The zero-order valence-corrected chi connectivity index (χ0v) is 15.2. The maximum absolute atomic E-state index is 12.3. The smallest absolute Gasteiger partial charge is 0.302 e. The average molecular weight is 362 g/mol. The Labute approximate surface area is 148 Å². The number of ether oxygens (including phenoxy) is 1. The van der Waals surface area contributed by atoms with Crippen LogP contribution in [0.3, 0.4) is 0 Å². The van der Waals surface area contributed by atoms with Gasteiger partial charge in [-0.15, -0.1) is 0 Å². The van der Waals surface area contributed by atoms with Gasteiger partial charge >= 0.3 is 5.97 Å². The van der Waals surface area contributed by atoms with Crippen LogP contribution in [0.25, 0.3) is 0 Å². The van der Waals surface area contributed by atoms with E-state index in [-0.39, 0.29) is 24.0 Å². The fourth-order valence-corrected chi connectivity index (χ4v) is 3.28. The Balaban J connectivity index is 2.04. The molecule has 2 aromatic rings. The highest BCUT2D eigenvalue weighted by Crippen LogP contribution is 2.17. The lowest BCUT2D eigenvalue weighted by molar-refractivity contribution is -0.142. The van der Waals surface area contributed by atoms with E-state index in [0.29, 0.717) is 6.42 Å². The molecule has 0 radical (unpaired) electrons. The minimum absolute atomic E-state index is 0.0572. The molecule has 5 nitrogen and oxygen atoms in total. The Bertz CT molecular complexity index is 782. The van der Waals surface area contributed by atoms with Crippen LogP contribution in [0.2, 0.25) is 0 Å². The van der Waals surface area contributed by atoms with Gasteiger partial charge in [-0.05, 0) is 31.0 Å². The monoisotopic (exact) mass is 362 g/mol. The predicted octanol–water partition coefficient (Wildman–Crippen LogP) is 3.12. The molecule has 0 aliphatic heterocycles. The number of carbonyl (C=O) groups is 1. The molecule has 2 aromatic carbocycles. The van der Waals surface area contributed by atoms with E-state index in [1.54, 1.807) is 12.1 Å². The van der Waals surface area contributed by atoms with Gasteiger partial charge < -0.3 is 4.74 Å². The maximum Gasteiger partial charge on any atom is 0.302 e. The largest absolute Gasteiger partial charge is 0.465 e. The van der Waals surface area contributed by atoms with Crippen molar-refractivity contribution < 1.29 is 22.1 Å². The van der Waals surface area contributed by atoms with E-state index in [2.05, 4.69) is 0 Å². The number of hydrogen-bond acceptors (Lipinski definition) is 5. The third-order valence-electron chi connectivity index (χ3n) is 3.66. The third-order valence-corrected chi connectivity index (χ3v) is 4.95. The van der Waals surface area contributed by atoms with Crippen LogP contribution in [-0.2, 0) is 30.3 Å². The lowest BCUT2D eigenvalue weighted by atomic mass is 10.0. The summed E-state index contributed by atoms with van der Waals surface area (Å²) in [5.74, 6) is -0.661. The van der Waals surface area contributed by atoms with Crippen LogP contribution < -0.4 is 0 Å². The summed E-state index contributed by atoms with van der Waals surface area (Å²) < 4.78 is 34.9. The van der Waals surface area contributed by atoms with Gasteiger partial charge in [-0.2, -0.15) is 8.42 Å². The summed E-state index contributed by atoms with van der Waals surface area (Å²) in [5.41, 5.74) is 1.99. The fraction of sp³-hybridized carbons (Fsp3) is 0.316. The van der Waals surface area contributed by atoms with Crippen molar-refractivity contribution in [2.45, 2.75) is 25.2 Å². The van der Waals surface area contributed by atoms with Crippen molar-refractivity contribution in [2.24, 2.45) is 5.92 Å². The summed E-state index contributed by atoms with van der Waals surface area (Å²) in [6.07, 6.45) is 0.553. The molecule has 2 rings (SSSR count). The zero-order valence-electron chi connectivity index (χ0n) is 14.3. The molecule has 0 saturated carbocycles. The van der Waals surface area contributed by atoms with Crippen LogP contribution in [0.15, 0.2) is 59.5 Å². The van der Waals surface area contributed by atoms with E-state index in [4.69, 9.17) is 8.92 Å². The van der Waals surface area contributed by atoms with E-state index in [1.807, 2.05) is 37.3 Å². The second-order valence-electron chi connectivity index (χ2n) is 5.91. The predicted molar refractivity (Wildman–Crippen MR) is 94.6 cm³/mol. The molecule has 0 fully saturated rings. The quantitative estimate of drug-likeness (QED) is 0.533. The summed E-state index contributed by atoms with van der Waals surface area (Å²) >= 11 is 0. The van der Waals surface area contributed by atoms with Crippen molar-refractivity contribution in [2.75, 3.05) is 13.2 Å². The van der Waals surface area contributed by atoms with E-state index in [1.165, 1.54) is 19.1 Å². The first kappa shape index (κ1) is 19.1. The molecule has 0 heterocycles. The van der Waals surface area contributed by atoms with Crippen LogP contribution in [-0.4, -0.2) is 27.6 Å². The third kappa shape index (κ3) is 6.32. The molecule has 134 valence electrons. The van der Waals surface area contributed by atoms with Gasteiger partial charge in [0.25, 0.3) is 10.1 Å². The highest BCUT2D eigenvalue weighted by molar-refractivity contribution is 7.86. The molecule has 0 aromatic heterocycles. The number of esters is 1. The van der Waals surface area contributed by atoms with Crippen molar-refractivity contribution in [3.05, 3.63) is 65.7 Å². The number of hydrogen-bond donors (Lipinski definition) is 0. The van der Waals surface area contributed by atoms with Crippen molar-refractivity contribution >= 4 is 16.1 Å². The average Bonchev–Trinajstić information content (AvgIpc) is 2.58. The number of aryl methyl sites for hydroxylation is 1. The van der Waals surface area contributed by atoms with E-state index in [9.17, 15) is 13.2 Å². The minimum atomic E-state index is -3.84. The maximum atomic E-state index is 12.3. The molecular weight excluding hydrogens is 340 g/mol. The first-order valence-electron chi connectivity index (χ1n) is 8.00. The molecule has 0 aliphatic carbocycles. The highest BCUT2D eigenvalue weighted by Gasteiger charge is 2.20. The Morgan fingerprint density at radius 3 is 2.24 bits per heavy atom. The second-order valence-corrected chi connectivity index (χ2v) is 7.53. The van der Waals surface area contributed by atoms with Crippen LogP contribution in [0, 0.1) is 12.8 Å². The summed E-state index contributed by atoms with van der Waals surface area (Å²) in [5, 5.41) is 0. The normalized spacial score (nSPS) is 12.6. The Hall–Kier alpha value is -2.18. The molecule has 0 amide bonds. The van der Waals surface area contributed by atoms with Gasteiger partial charge in [-0.3, -0.25) is 8.98 Å². The standard InChI is InChI=1S/C19H22O5S/c1-15-8-10-19(11-9-15)25(21,22)24-14-18(13-23-16(2)20)12-17-6-4-3-5-7-17/h3-11,18H,12-14H2,1-2H3. The van der Waals surface area contributed by atoms with Crippen LogP contribution in [0.1, 0.15) is 18.1 Å². The second kappa shape index (κ2) is 8.78. The van der Waals surface area contributed by atoms with Crippen LogP contribution >= 0.6 is 0 Å². The van der Waals surface area contributed by atoms with Crippen molar-refractivity contribution in [1.29, 1.82) is 0 Å². The lowest BCUT2D eigenvalue weighted by Gasteiger charge is -2.17. The SMILES string of the molecule is CC(=O)OCC(COS(=O)(=O)c1ccc(C)cc1)Cc1ccccc1. The molecule has 0 aliphatic rings. The molecular formula is C19H22O5S. The number of rotatable bonds is 8. The van der Waals surface area contributed by atoms with Gasteiger partial charge in [-0.25, -0.2) is 0 Å². The Morgan fingerprint density at radius 1 is 1.00 bits per heavy atom. The molecule has 1 unspecified atom stereocenters. The van der Waals surface area contributed by atoms with Crippen molar-refractivity contribution in [3.8, 4) is 0 Å². The molecule has 1 atom stereocenters. The minimum Gasteiger partial charge on any atom is -0.465 e. The Kier molecular flexibility index (Phi) is 6.73. The summed E-state index contributed by atoms with van der Waals surface area (Å²) in [4.78, 5) is 11.2. The van der Waals surface area contributed by atoms with Gasteiger partial charge in [-0.1, -0.05) is 48.0 Å². The van der Waals surface area contributed by atoms with E-state index in [0.717, 1.165) is 11.1 Å². The summed E-state index contributed by atoms with van der Waals surface area (Å²) in [6.45, 7) is 3.25. The van der Waals surface area contributed by atoms with E-state index < -0.39 is 16.1 Å². The summed E-state index contributed by atoms with van der Waals surface area (Å²) in [7, 11) is -3.84. The molecule has 6 heteroatoms. The van der Waals surface area contributed by atoms with E-state index >= 15 is 0 Å². The van der Waals surface area contributed by atoms with Gasteiger partial charge in [0.2, 0.25) is 0 Å². The molecule has 0 spiro atoms. The van der Waals surface area contributed by atoms with Gasteiger partial charge in [0, 0.05) is 12.8 Å². The molecule has 25 heavy (non-hydrogen) atoms. The van der Waals surface area contributed by atoms with Crippen LogP contribution in [0.4, 0.5) is 0 Å².